The molecule has 1 rings (SSSR count). The maximum Gasteiger partial charge on any atom is 0.191 e. The molecule has 0 unspecified atom stereocenters. The van der Waals surface area contributed by atoms with Gasteiger partial charge in [-0.1, -0.05) is 11.6 Å². The van der Waals surface area contributed by atoms with E-state index >= 15 is 0 Å². The Morgan fingerprint density at radius 2 is 2.15 bits per heavy atom. The number of ether oxygens (including phenoxy) is 1. The van der Waals surface area contributed by atoms with Crippen LogP contribution in [0.1, 0.15) is 52.9 Å². The molecule has 0 heterocycles. The van der Waals surface area contributed by atoms with Crippen molar-refractivity contribution >= 4 is 5.96 Å². The van der Waals surface area contributed by atoms with E-state index in [9.17, 15) is 0 Å². The van der Waals surface area contributed by atoms with Gasteiger partial charge in [0.25, 0.3) is 0 Å². The summed E-state index contributed by atoms with van der Waals surface area (Å²) in [6, 6.07) is 0. The van der Waals surface area contributed by atoms with Crippen LogP contribution in [0.5, 0.6) is 0 Å². The lowest BCUT2D eigenvalue weighted by atomic mass is 9.97. The first-order valence-corrected chi connectivity index (χ1v) is 7.82. The van der Waals surface area contributed by atoms with Crippen molar-refractivity contribution in [2.45, 2.75) is 58.5 Å². The summed E-state index contributed by atoms with van der Waals surface area (Å²) >= 11 is 0. The van der Waals surface area contributed by atoms with Crippen LogP contribution in [0.4, 0.5) is 0 Å². The van der Waals surface area contributed by atoms with Gasteiger partial charge < -0.3 is 15.4 Å². The molecule has 4 nitrogen and oxygen atoms in total. The molecule has 0 aromatic rings. The van der Waals surface area contributed by atoms with Crippen LogP contribution in [0.15, 0.2) is 16.6 Å². The third kappa shape index (κ3) is 6.94. The van der Waals surface area contributed by atoms with Gasteiger partial charge in [0, 0.05) is 20.2 Å². The number of methoxy groups -OCH3 is 1. The van der Waals surface area contributed by atoms with E-state index in [1.807, 2.05) is 13.8 Å². The summed E-state index contributed by atoms with van der Waals surface area (Å²) in [5.41, 5.74) is 1.38. The minimum Gasteiger partial charge on any atom is -0.377 e. The summed E-state index contributed by atoms with van der Waals surface area (Å²) in [5.74, 6) is 0.883. The zero-order valence-electron chi connectivity index (χ0n) is 13.6. The molecular weight excluding hydrogens is 250 g/mol. The molecule has 0 spiro atoms. The minimum absolute atomic E-state index is 0.214. The topological polar surface area (TPSA) is 45.7 Å². The quantitative estimate of drug-likeness (QED) is 0.428. The summed E-state index contributed by atoms with van der Waals surface area (Å²) in [4.78, 5) is 4.59. The Bertz CT molecular complexity index is 335. The van der Waals surface area contributed by atoms with E-state index in [0.717, 1.165) is 25.5 Å². The molecule has 0 saturated carbocycles. The highest BCUT2D eigenvalue weighted by Crippen LogP contribution is 2.19. The fourth-order valence-electron chi connectivity index (χ4n) is 2.15. The average Bonchev–Trinajstić information content (AvgIpc) is 2.46. The van der Waals surface area contributed by atoms with Crippen molar-refractivity contribution in [3.8, 4) is 0 Å². The summed E-state index contributed by atoms with van der Waals surface area (Å²) in [6.07, 6.45) is 8.76. The number of hydrogen-bond acceptors (Lipinski definition) is 2. The second kappa shape index (κ2) is 9.01. The lowest BCUT2D eigenvalue weighted by molar-refractivity contribution is 0.0310. The number of rotatable bonds is 7. The molecule has 0 bridgehead atoms. The lowest BCUT2D eigenvalue weighted by Gasteiger charge is -2.21. The Balaban J connectivity index is 2.38. The highest BCUT2D eigenvalue weighted by atomic mass is 16.5. The van der Waals surface area contributed by atoms with Gasteiger partial charge in [-0.3, -0.25) is 4.99 Å². The van der Waals surface area contributed by atoms with E-state index in [1.54, 1.807) is 12.7 Å². The van der Waals surface area contributed by atoms with Crippen molar-refractivity contribution < 1.29 is 4.74 Å². The van der Waals surface area contributed by atoms with Crippen molar-refractivity contribution in [1.82, 2.24) is 10.6 Å². The molecule has 0 saturated heterocycles. The first kappa shape index (κ1) is 17.0. The van der Waals surface area contributed by atoms with Crippen LogP contribution in [-0.4, -0.2) is 38.3 Å². The molecule has 1 aliphatic rings. The maximum atomic E-state index is 5.39. The van der Waals surface area contributed by atoms with Gasteiger partial charge in [-0.2, -0.15) is 0 Å². The zero-order valence-corrected chi connectivity index (χ0v) is 13.6. The molecule has 0 aromatic carbocycles. The highest BCUT2D eigenvalue weighted by Gasteiger charge is 2.15. The van der Waals surface area contributed by atoms with Crippen LogP contribution in [0.2, 0.25) is 0 Å². The molecule has 0 aliphatic heterocycles. The Kier molecular flexibility index (Phi) is 7.67. The molecule has 1 aliphatic carbocycles. The molecule has 20 heavy (non-hydrogen) atoms. The van der Waals surface area contributed by atoms with Crippen LogP contribution < -0.4 is 10.6 Å². The highest BCUT2D eigenvalue weighted by molar-refractivity contribution is 5.79. The molecule has 0 fully saturated rings. The third-order valence-electron chi connectivity index (χ3n) is 3.64. The molecule has 0 atom stereocenters. The van der Waals surface area contributed by atoms with Gasteiger partial charge in [0.15, 0.2) is 5.96 Å². The normalized spacial score (nSPS) is 16.8. The van der Waals surface area contributed by atoms with Gasteiger partial charge in [-0.05, 0) is 52.9 Å². The van der Waals surface area contributed by atoms with Crippen LogP contribution >= 0.6 is 0 Å². The predicted molar refractivity (Wildman–Crippen MR) is 86.2 cm³/mol. The van der Waals surface area contributed by atoms with Gasteiger partial charge in [0.2, 0.25) is 0 Å². The van der Waals surface area contributed by atoms with E-state index in [2.05, 4.69) is 28.6 Å². The SMILES string of the molecule is CCNC(=NCC(C)(C)OC)NCCC1=CCCCC1. The standard InChI is InChI=1S/C16H31N3O/c1-5-17-15(19-13-16(2,3)20-4)18-12-11-14-9-7-6-8-10-14/h9H,5-8,10-13H2,1-4H3,(H2,17,18,19). The van der Waals surface area contributed by atoms with Gasteiger partial charge >= 0.3 is 0 Å². The summed E-state index contributed by atoms with van der Waals surface area (Å²) in [5, 5.41) is 6.69. The van der Waals surface area contributed by atoms with Gasteiger partial charge in [0.05, 0.1) is 12.1 Å². The van der Waals surface area contributed by atoms with Gasteiger partial charge in [-0.15, -0.1) is 0 Å². The van der Waals surface area contributed by atoms with E-state index in [4.69, 9.17) is 4.74 Å². The molecule has 0 amide bonds. The van der Waals surface area contributed by atoms with Crippen LogP contribution in [0.3, 0.4) is 0 Å². The molecular formula is C16H31N3O. The summed E-state index contributed by atoms with van der Waals surface area (Å²) < 4.78 is 5.39. The summed E-state index contributed by atoms with van der Waals surface area (Å²) in [6.45, 7) is 8.66. The number of aliphatic imine (C=N–C) groups is 1. The number of guanidine groups is 1. The van der Waals surface area contributed by atoms with Crippen molar-refractivity contribution in [1.29, 1.82) is 0 Å². The largest absolute Gasteiger partial charge is 0.377 e. The fraction of sp³-hybridized carbons (Fsp3) is 0.812. The Labute approximate surface area is 124 Å². The van der Waals surface area contributed by atoms with Crippen LogP contribution in [0.25, 0.3) is 0 Å². The number of nitrogens with zero attached hydrogens (tertiary/aromatic N) is 1. The summed E-state index contributed by atoms with van der Waals surface area (Å²) in [7, 11) is 1.73. The molecule has 0 aromatic heterocycles. The van der Waals surface area contributed by atoms with Crippen molar-refractivity contribution in [3.05, 3.63) is 11.6 Å². The van der Waals surface area contributed by atoms with Crippen LogP contribution in [0, 0.1) is 0 Å². The Morgan fingerprint density at radius 1 is 1.35 bits per heavy atom. The number of hydrogen-bond donors (Lipinski definition) is 2. The molecule has 4 heteroatoms. The fourth-order valence-corrected chi connectivity index (χ4v) is 2.15. The zero-order chi connectivity index (χ0) is 14.8. The van der Waals surface area contributed by atoms with Crippen molar-refractivity contribution in [3.63, 3.8) is 0 Å². The minimum atomic E-state index is -0.214. The van der Waals surface area contributed by atoms with Crippen molar-refractivity contribution in [2.24, 2.45) is 4.99 Å². The van der Waals surface area contributed by atoms with E-state index in [1.165, 1.54) is 25.7 Å². The first-order valence-electron chi connectivity index (χ1n) is 7.82. The monoisotopic (exact) mass is 281 g/mol. The number of nitrogens with one attached hydrogen (secondary N) is 2. The van der Waals surface area contributed by atoms with Crippen LogP contribution in [-0.2, 0) is 4.74 Å². The molecule has 0 radical (unpaired) electrons. The molecule has 2 N–H and O–H groups in total. The maximum absolute atomic E-state index is 5.39. The Morgan fingerprint density at radius 3 is 2.75 bits per heavy atom. The van der Waals surface area contributed by atoms with E-state index in [-0.39, 0.29) is 5.60 Å². The van der Waals surface area contributed by atoms with E-state index in [0.29, 0.717) is 6.54 Å². The Hall–Kier alpha value is -1.03. The van der Waals surface area contributed by atoms with E-state index < -0.39 is 0 Å². The van der Waals surface area contributed by atoms with Gasteiger partial charge in [0.1, 0.15) is 0 Å². The lowest BCUT2D eigenvalue weighted by Crippen LogP contribution is -2.39. The average molecular weight is 281 g/mol. The second-order valence-corrected chi connectivity index (χ2v) is 5.94. The van der Waals surface area contributed by atoms with Gasteiger partial charge in [-0.25, -0.2) is 0 Å². The first-order chi connectivity index (χ1) is 9.57. The third-order valence-corrected chi connectivity index (χ3v) is 3.64. The van der Waals surface area contributed by atoms with Crippen molar-refractivity contribution in [2.75, 3.05) is 26.7 Å². The second-order valence-electron chi connectivity index (χ2n) is 5.94. The number of allylic oxidation sites excluding steroid dienone is 1. The molecule has 116 valence electrons. The predicted octanol–water partition coefficient (Wildman–Crippen LogP) is 2.86. The smallest absolute Gasteiger partial charge is 0.191 e.